The lowest BCUT2D eigenvalue weighted by atomic mass is 10.1. The van der Waals surface area contributed by atoms with Crippen LogP contribution in [0.4, 0.5) is 0 Å². The van der Waals surface area contributed by atoms with Gasteiger partial charge in [0, 0.05) is 18.0 Å². The monoisotopic (exact) mass is 203 g/mol. The zero-order chi connectivity index (χ0) is 11.0. The third-order valence-corrected chi connectivity index (χ3v) is 2.23. The second-order valence-corrected chi connectivity index (χ2v) is 3.24. The molecule has 0 spiro atoms. The van der Waals surface area contributed by atoms with Gasteiger partial charge in [-0.15, -0.1) is 0 Å². The highest BCUT2D eigenvalue weighted by molar-refractivity contribution is 6.42. The van der Waals surface area contributed by atoms with Crippen molar-refractivity contribution < 1.29 is 9.59 Å². The number of aromatic nitrogens is 2. The lowest BCUT2D eigenvalue weighted by Gasteiger charge is -1.97. The molecular weight excluding hydrogens is 194 g/mol. The van der Waals surface area contributed by atoms with Gasteiger partial charge in [0.15, 0.2) is 0 Å². The van der Waals surface area contributed by atoms with Crippen LogP contribution in [0.5, 0.6) is 0 Å². The molecule has 0 saturated carbocycles. The number of carbonyl (C=O) groups excluding carboxylic acids is 2. The molecule has 0 saturated heterocycles. The maximum absolute atomic E-state index is 11.3. The molecule has 76 valence electrons. The predicted octanol–water partition coefficient (Wildman–Crippen LogP) is 0.241. The van der Waals surface area contributed by atoms with E-state index in [4.69, 9.17) is 5.73 Å². The molecule has 0 radical (unpaired) electrons. The van der Waals surface area contributed by atoms with E-state index < -0.39 is 11.7 Å². The van der Waals surface area contributed by atoms with Crippen LogP contribution >= 0.6 is 0 Å². The Morgan fingerprint density at radius 3 is 2.80 bits per heavy atom. The number of aryl methyl sites for hydroxylation is 1. The minimum atomic E-state index is -0.946. The first-order chi connectivity index (χ1) is 7.09. The molecule has 2 aromatic rings. The number of nitrogens with zero attached hydrogens (tertiary/aromatic N) is 2. The average molecular weight is 203 g/mol. The summed E-state index contributed by atoms with van der Waals surface area (Å²) in [6.07, 6.45) is 1.63. The van der Waals surface area contributed by atoms with Crippen LogP contribution in [0, 0.1) is 0 Å². The fourth-order valence-corrected chi connectivity index (χ4v) is 1.45. The molecular formula is C10H9N3O2. The molecule has 0 atom stereocenters. The minimum absolute atomic E-state index is 0.294. The lowest BCUT2D eigenvalue weighted by molar-refractivity contribution is -0.114. The molecule has 1 aromatic heterocycles. The van der Waals surface area contributed by atoms with Crippen LogP contribution in [0.25, 0.3) is 10.9 Å². The van der Waals surface area contributed by atoms with Gasteiger partial charge in [-0.2, -0.15) is 5.10 Å². The zero-order valence-corrected chi connectivity index (χ0v) is 8.10. The predicted molar refractivity (Wildman–Crippen MR) is 54.2 cm³/mol. The Labute approximate surface area is 85.5 Å². The van der Waals surface area contributed by atoms with Gasteiger partial charge in [0.1, 0.15) is 0 Å². The van der Waals surface area contributed by atoms with E-state index in [1.54, 1.807) is 36.1 Å². The topological polar surface area (TPSA) is 78.0 Å². The summed E-state index contributed by atoms with van der Waals surface area (Å²) in [5, 5.41) is 4.84. The largest absolute Gasteiger partial charge is 0.363 e. The van der Waals surface area contributed by atoms with Crippen molar-refractivity contribution in [3.8, 4) is 0 Å². The van der Waals surface area contributed by atoms with Gasteiger partial charge in [0.2, 0.25) is 5.78 Å². The van der Waals surface area contributed by atoms with Crippen molar-refractivity contribution in [1.29, 1.82) is 0 Å². The Bertz CT molecular complexity index is 557. The van der Waals surface area contributed by atoms with Gasteiger partial charge in [0.05, 0.1) is 11.7 Å². The van der Waals surface area contributed by atoms with Crippen LogP contribution in [0.15, 0.2) is 24.4 Å². The smallest absolute Gasteiger partial charge is 0.289 e. The number of ketones is 1. The maximum Gasteiger partial charge on any atom is 0.289 e. The molecule has 2 rings (SSSR count). The first-order valence-corrected chi connectivity index (χ1v) is 4.35. The number of carbonyl (C=O) groups is 2. The molecule has 0 bridgehead atoms. The number of rotatable bonds is 2. The number of amides is 1. The number of hydrogen-bond acceptors (Lipinski definition) is 3. The highest BCUT2D eigenvalue weighted by Gasteiger charge is 2.13. The van der Waals surface area contributed by atoms with Crippen LogP contribution in [0.1, 0.15) is 10.4 Å². The standard InChI is InChI=1S/C10H9N3O2/c1-13-8-3-2-6(9(14)10(11)15)4-7(8)5-12-13/h2-5H,1H3,(H2,11,15). The molecule has 2 N–H and O–H groups in total. The first kappa shape index (κ1) is 9.39. The summed E-state index contributed by atoms with van der Waals surface area (Å²) in [6, 6.07) is 4.91. The molecule has 0 aliphatic carbocycles. The van der Waals surface area contributed by atoms with Crippen LogP contribution in [-0.4, -0.2) is 21.5 Å². The van der Waals surface area contributed by atoms with Crippen molar-refractivity contribution in [1.82, 2.24) is 9.78 Å². The average Bonchev–Trinajstić information content (AvgIpc) is 2.59. The van der Waals surface area contributed by atoms with Gasteiger partial charge < -0.3 is 5.73 Å². The van der Waals surface area contributed by atoms with Crippen LogP contribution in [0.2, 0.25) is 0 Å². The van der Waals surface area contributed by atoms with Gasteiger partial charge in [-0.25, -0.2) is 0 Å². The molecule has 1 amide bonds. The van der Waals surface area contributed by atoms with Crippen molar-refractivity contribution in [2.75, 3.05) is 0 Å². The number of nitrogens with two attached hydrogens (primary N) is 1. The number of benzene rings is 1. The zero-order valence-electron chi connectivity index (χ0n) is 8.10. The molecule has 1 aromatic carbocycles. The summed E-state index contributed by atoms with van der Waals surface area (Å²) in [6.45, 7) is 0. The molecule has 0 fully saturated rings. The quantitative estimate of drug-likeness (QED) is 0.561. The van der Waals surface area contributed by atoms with Gasteiger partial charge in [-0.3, -0.25) is 14.3 Å². The summed E-state index contributed by atoms with van der Waals surface area (Å²) in [5.74, 6) is -1.63. The van der Waals surface area contributed by atoms with E-state index in [0.29, 0.717) is 5.56 Å². The van der Waals surface area contributed by atoms with Gasteiger partial charge in [-0.1, -0.05) is 0 Å². The SMILES string of the molecule is Cn1ncc2cc(C(=O)C(N)=O)ccc21. The number of primary amides is 1. The minimum Gasteiger partial charge on any atom is -0.363 e. The van der Waals surface area contributed by atoms with Crippen LogP contribution in [-0.2, 0) is 11.8 Å². The van der Waals surface area contributed by atoms with E-state index in [1.165, 1.54) is 0 Å². The van der Waals surface area contributed by atoms with E-state index in [0.717, 1.165) is 10.9 Å². The third kappa shape index (κ3) is 1.48. The summed E-state index contributed by atoms with van der Waals surface area (Å²) in [7, 11) is 1.80. The molecule has 1 heterocycles. The van der Waals surface area contributed by atoms with E-state index >= 15 is 0 Å². The molecule has 0 unspecified atom stereocenters. The van der Waals surface area contributed by atoms with Crippen molar-refractivity contribution in [2.24, 2.45) is 12.8 Å². The van der Waals surface area contributed by atoms with E-state index in [1.807, 2.05) is 0 Å². The Morgan fingerprint density at radius 2 is 2.13 bits per heavy atom. The van der Waals surface area contributed by atoms with Crippen LogP contribution in [0.3, 0.4) is 0 Å². The van der Waals surface area contributed by atoms with E-state index in [-0.39, 0.29) is 0 Å². The maximum atomic E-state index is 11.3. The van der Waals surface area contributed by atoms with Crippen LogP contribution < -0.4 is 5.73 Å². The molecule has 15 heavy (non-hydrogen) atoms. The Kier molecular flexibility index (Phi) is 2.00. The molecule has 5 heteroatoms. The molecule has 0 aliphatic rings. The van der Waals surface area contributed by atoms with Gasteiger partial charge in [-0.05, 0) is 18.2 Å². The fraction of sp³-hybridized carbons (Fsp3) is 0.100. The summed E-state index contributed by atoms with van der Waals surface area (Å²) in [4.78, 5) is 22.0. The molecule has 5 nitrogen and oxygen atoms in total. The van der Waals surface area contributed by atoms with Crippen molar-refractivity contribution in [2.45, 2.75) is 0 Å². The number of fused-ring (bicyclic) bond motifs is 1. The van der Waals surface area contributed by atoms with E-state index in [2.05, 4.69) is 5.10 Å². The van der Waals surface area contributed by atoms with E-state index in [9.17, 15) is 9.59 Å². The van der Waals surface area contributed by atoms with Crippen molar-refractivity contribution in [3.63, 3.8) is 0 Å². The molecule has 0 aliphatic heterocycles. The van der Waals surface area contributed by atoms with Gasteiger partial charge in [0.25, 0.3) is 5.91 Å². The first-order valence-electron chi connectivity index (χ1n) is 4.35. The Balaban J connectivity index is 2.57. The summed E-state index contributed by atoms with van der Waals surface area (Å²) >= 11 is 0. The summed E-state index contributed by atoms with van der Waals surface area (Å²) in [5.41, 5.74) is 6.10. The Morgan fingerprint density at radius 1 is 1.40 bits per heavy atom. The number of Topliss-reactive ketones (excluding diaryl/α,β-unsaturated/α-hetero) is 1. The second kappa shape index (κ2) is 3.20. The summed E-state index contributed by atoms with van der Waals surface area (Å²) < 4.78 is 1.69. The Hall–Kier alpha value is -2.17. The lowest BCUT2D eigenvalue weighted by Crippen LogP contribution is -2.22. The highest BCUT2D eigenvalue weighted by atomic mass is 16.2. The fourth-order valence-electron chi connectivity index (χ4n) is 1.45. The normalized spacial score (nSPS) is 10.5. The van der Waals surface area contributed by atoms with Gasteiger partial charge >= 0.3 is 0 Å². The second-order valence-electron chi connectivity index (χ2n) is 3.24. The highest BCUT2D eigenvalue weighted by Crippen LogP contribution is 2.15. The van der Waals surface area contributed by atoms with Crippen molar-refractivity contribution in [3.05, 3.63) is 30.0 Å². The third-order valence-electron chi connectivity index (χ3n) is 2.23. The van der Waals surface area contributed by atoms with Crippen molar-refractivity contribution >= 4 is 22.6 Å². The number of hydrogen-bond donors (Lipinski definition) is 1.